The average molecular weight is 368 g/mol. The number of halogens is 1. The van der Waals surface area contributed by atoms with Gasteiger partial charge in [-0.2, -0.15) is 0 Å². The number of nitrogens with zero attached hydrogens (tertiary/aromatic N) is 2. The summed E-state index contributed by atoms with van der Waals surface area (Å²) in [6.45, 7) is 6.83. The molecule has 0 aliphatic carbocycles. The second kappa shape index (κ2) is 8.05. The molecule has 0 amide bonds. The maximum atomic E-state index is 6.17. The van der Waals surface area contributed by atoms with Gasteiger partial charge >= 0.3 is 0 Å². The van der Waals surface area contributed by atoms with Crippen LogP contribution in [0.4, 0.5) is 0 Å². The van der Waals surface area contributed by atoms with Crippen molar-refractivity contribution in [3.8, 4) is 11.1 Å². The molecular weight excluding hydrogens is 342 g/mol. The molecule has 0 fully saturated rings. The summed E-state index contributed by atoms with van der Waals surface area (Å²) in [5, 5.41) is 0.540. The van der Waals surface area contributed by atoms with Crippen LogP contribution >= 0.6 is 11.6 Å². The third kappa shape index (κ3) is 4.73. The monoisotopic (exact) mass is 367 g/mol. The van der Waals surface area contributed by atoms with Crippen molar-refractivity contribution in [3.63, 3.8) is 0 Å². The van der Waals surface area contributed by atoms with Gasteiger partial charge in [-0.05, 0) is 41.5 Å². The maximum absolute atomic E-state index is 6.17. The Hall–Kier alpha value is -2.13. The van der Waals surface area contributed by atoms with Crippen molar-refractivity contribution in [1.82, 2.24) is 15.0 Å². The number of hydrogen-bond donors (Lipinski definition) is 1. The Labute approximate surface area is 160 Å². The zero-order chi connectivity index (χ0) is 18.6. The van der Waals surface area contributed by atoms with E-state index in [0.29, 0.717) is 10.6 Å². The first-order valence-electron chi connectivity index (χ1n) is 9.19. The fourth-order valence-corrected chi connectivity index (χ4v) is 3.21. The van der Waals surface area contributed by atoms with E-state index in [1.807, 2.05) is 18.3 Å². The molecule has 2 heterocycles. The summed E-state index contributed by atoms with van der Waals surface area (Å²) in [4.78, 5) is 12.2. The average Bonchev–Trinajstić information content (AvgIpc) is 3.07. The Morgan fingerprint density at radius 2 is 1.81 bits per heavy atom. The fourth-order valence-electron chi connectivity index (χ4n) is 2.98. The number of aromatic amines is 1. The molecule has 3 rings (SSSR count). The number of pyridine rings is 1. The van der Waals surface area contributed by atoms with Crippen LogP contribution in [0.15, 0.2) is 48.8 Å². The SMILES string of the molecule is CCC(C)(C)Cc1cnc(CCc2ccc(-c3cccnc3Cl)cc2)[nH]1. The highest BCUT2D eigenvalue weighted by Crippen LogP contribution is 2.26. The Bertz CT molecular complexity index is 850. The van der Waals surface area contributed by atoms with Gasteiger partial charge in [-0.15, -0.1) is 0 Å². The predicted octanol–water partition coefficient (Wildman–Crippen LogP) is 5.89. The number of rotatable bonds is 7. The highest BCUT2D eigenvalue weighted by molar-refractivity contribution is 6.32. The molecule has 0 radical (unpaired) electrons. The molecule has 0 bridgehead atoms. The summed E-state index contributed by atoms with van der Waals surface area (Å²) in [7, 11) is 0. The fraction of sp³-hybridized carbons (Fsp3) is 0.364. The maximum Gasteiger partial charge on any atom is 0.136 e. The number of nitrogens with one attached hydrogen (secondary N) is 1. The number of aromatic nitrogens is 3. The largest absolute Gasteiger partial charge is 0.346 e. The van der Waals surface area contributed by atoms with Gasteiger partial charge in [0.15, 0.2) is 0 Å². The van der Waals surface area contributed by atoms with Gasteiger partial charge in [-0.1, -0.05) is 63.1 Å². The molecule has 2 aromatic heterocycles. The van der Waals surface area contributed by atoms with Crippen LogP contribution in [-0.2, 0) is 19.3 Å². The molecular formula is C22H26ClN3. The molecule has 4 heteroatoms. The van der Waals surface area contributed by atoms with Gasteiger partial charge in [0.25, 0.3) is 0 Å². The Morgan fingerprint density at radius 1 is 1.04 bits per heavy atom. The molecule has 1 aromatic carbocycles. The van der Waals surface area contributed by atoms with E-state index in [1.165, 1.54) is 11.3 Å². The normalized spacial score (nSPS) is 11.7. The molecule has 0 spiro atoms. The van der Waals surface area contributed by atoms with E-state index in [4.69, 9.17) is 11.6 Å². The molecule has 26 heavy (non-hydrogen) atoms. The van der Waals surface area contributed by atoms with Crippen molar-refractivity contribution in [2.45, 2.75) is 46.5 Å². The number of aryl methyl sites for hydroxylation is 2. The van der Waals surface area contributed by atoms with Crippen LogP contribution in [0, 0.1) is 5.41 Å². The molecule has 0 unspecified atom stereocenters. The number of hydrogen-bond acceptors (Lipinski definition) is 2. The molecule has 0 saturated heterocycles. The highest BCUT2D eigenvalue weighted by Gasteiger charge is 2.17. The second-order valence-corrected chi connectivity index (χ2v) is 7.95. The summed E-state index contributed by atoms with van der Waals surface area (Å²) in [5.74, 6) is 1.06. The third-order valence-electron chi connectivity index (χ3n) is 4.98. The first kappa shape index (κ1) is 18.7. The Balaban J connectivity index is 1.60. The first-order chi connectivity index (χ1) is 12.5. The zero-order valence-corrected chi connectivity index (χ0v) is 16.5. The lowest BCUT2D eigenvalue weighted by Crippen LogP contribution is -2.13. The van der Waals surface area contributed by atoms with Crippen molar-refractivity contribution >= 4 is 11.6 Å². The van der Waals surface area contributed by atoms with E-state index in [0.717, 1.165) is 42.6 Å². The van der Waals surface area contributed by atoms with Gasteiger partial charge in [-0.3, -0.25) is 0 Å². The van der Waals surface area contributed by atoms with Crippen LogP contribution < -0.4 is 0 Å². The van der Waals surface area contributed by atoms with Gasteiger partial charge in [0, 0.05) is 30.1 Å². The van der Waals surface area contributed by atoms with E-state index >= 15 is 0 Å². The number of imidazole rings is 1. The van der Waals surface area contributed by atoms with Crippen LogP contribution in [0.5, 0.6) is 0 Å². The van der Waals surface area contributed by atoms with Crippen molar-refractivity contribution in [3.05, 3.63) is 71.0 Å². The van der Waals surface area contributed by atoms with Crippen molar-refractivity contribution in [1.29, 1.82) is 0 Å². The van der Waals surface area contributed by atoms with Gasteiger partial charge < -0.3 is 4.98 Å². The minimum Gasteiger partial charge on any atom is -0.346 e. The van der Waals surface area contributed by atoms with Crippen molar-refractivity contribution in [2.75, 3.05) is 0 Å². The Morgan fingerprint density at radius 3 is 2.50 bits per heavy atom. The van der Waals surface area contributed by atoms with Crippen molar-refractivity contribution in [2.24, 2.45) is 5.41 Å². The molecule has 3 aromatic rings. The predicted molar refractivity (Wildman–Crippen MR) is 108 cm³/mol. The second-order valence-electron chi connectivity index (χ2n) is 7.59. The lowest BCUT2D eigenvalue weighted by Gasteiger charge is -2.21. The van der Waals surface area contributed by atoms with E-state index in [-0.39, 0.29) is 0 Å². The van der Waals surface area contributed by atoms with Crippen molar-refractivity contribution < 1.29 is 0 Å². The van der Waals surface area contributed by atoms with Crippen LogP contribution in [0.3, 0.4) is 0 Å². The van der Waals surface area contributed by atoms with E-state index in [9.17, 15) is 0 Å². The van der Waals surface area contributed by atoms with Gasteiger partial charge in [0.2, 0.25) is 0 Å². The summed E-state index contributed by atoms with van der Waals surface area (Å²) < 4.78 is 0. The minimum absolute atomic E-state index is 0.313. The summed E-state index contributed by atoms with van der Waals surface area (Å²) in [6, 6.07) is 12.4. The first-order valence-corrected chi connectivity index (χ1v) is 9.57. The molecule has 0 aliphatic rings. The molecule has 0 atom stereocenters. The zero-order valence-electron chi connectivity index (χ0n) is 15.7. The topological polar surface area (TPSA) is 41.6 Å². The van der Waals surface area contributed by atoms with Crippen LogP contribution in [-0.4, -0.2) is 15.0 Å². The Kier molecular flexibility index (Phi) is 5.77. The molecule has 0 aliphatic heterocycles. The summed E-state index contributed by atoms with van der Waals surface area (Å²) in [5.41, 5.74) is 4.89. The van der Waals surface area contributed by atoms with E-state index in [1.54, 1.807) is 6.20 Å². The smallest absolute Gasteiger partial charge is 0.136 e. The van der Waals surface area contributed by atoms with Crippen LogP contribution in [0.2, 0.25) is 5.15 Å². The summed E-state index contributed by atoms with van der Waals surface area (Å²) >= 11 is 6.17. The quantitative estimate of drug-likeness (QED) is 0.529. The molecule has 0 saturated carbocycles. The minimum atomic E-state index is 0.313. The molecule has 136 valence electrons. The van der Waals surface area contributed by atoms with Gasteiger partial charge in [0.1, 0.15) is 11.0 Å². The molecule has 3 nitrogen and oxygen atoms in total. The lowest BCUT2D eigenvalue weighted by molar-refractivity contribution is 0.346. The van der Waals surface area contributed by atoms with Crippen LogP contribution in [0.25, 0.3) is 11.1 Å². The molecule has 1 N–H and O–H groups in total. The van der Waals surface area contributed by atoms with Gasteiger partial charge in [0.05, 0.1) is 0 Å². The lowest BCUT2D eigenvalue weighted by atomic mass is 9.85. The van der Waals surface area contributed by atoms with E-state index < -0.39 is 0 Å². The number of H-pyrrole nitrogens is 1. The van der Waals surface area contributed by atoms with Gasteiger partial charge in [-0.25, -0.2) is 9.97 Å². The standard InChI is InChI=1S/C22H26ClN3/c1-4-22(2,3)14-18-15-25-20(26-18)12-9-16-7-10-17(11-8-16)19-6-5-13-24-21(19)23/h5-8,10-11,13,15H,4,9,12,14H2,1-3H3,(H,25,26). The highest BCUT2D eigenvalue weighted by atomic mass is 35.5. The van der Waals surface area contributed by atoms with E-state index in [2.05, 4.69) is 60.0 Å². The van der Waals surface area contributed by atoms with Crippen LogP contribution in [0.1, 0.15) is 44.3 Å². The third-order valence-corrected chi connectivity index (χ3v) is 5.28. The number of benzene rings is 1. The summed E-state index contributed by atoms with van der Waals surface area (Å²) in [6.07, 6.45) is 7.77.